The SMILES string of the molecule is COc1ccc(CN2CCC3(CC2)c2nc[nH]c2CCN3C(C)=O)cc1F. The fourth-order valence-electron chi connectivity index (χ4n) is 4.59. The number of imidazole rings is 1. The number of nitrogens with zero attached hydrogens (tertiary/aromatic N) is 3. The molecule has 0 atom stereocenters. The first-order valence-electron chi connectivity index (χ1n) is 9.39. The molecular formula is C20H25FN4O2. The van der Waals surface area contributed by atoms with Crippen LogP contribution in [0.25, 0.3) is 0 Å². The summed E-state index contributed by atoms with van der Waals surface area (Å²) in [5.41, 5.74) is 2.79. The van der Waals surface area contributed by atoms with Gasteiger partial charge in [0.05, 0.1) is 24.7 Å². The molecule has 1 fully saturated rings. The summed E-state index contributed by atoms with van der Waals surface area (Å²) in [6, 6.07) is 5.11. The number of carbonyl (C=O) groups excluding carboxylic acids is 1. The Kier molecular flexibility index (Phi) is 4.63. The molecule has 0 saturated carbocycles. The van der Waals surface area contributed by atoms with Gasteiger partial charge in [0, 0.05) is 45.2 Å². The van der Waals surface area contributed by atoms with Crippen LogP contribution in [0, 0.1) is 5.82 Å². The maximum absolute atomic E-state index is 14.0. The minimum atomic E-state index is -0.334. The molecule has 144 valence electrons. The molecule has 0 bridgehead atoms. The van der Waals surface area contributed by atoms with Crippen LogP contribution in [0.5, 0.6) is 5.75 Å². The molecule has 2 aliphatic rings. The monoisotopic (exact) mass is 372 g/mol. The minimum Gasteiger partial charge on any atom is -0.494 e. The zero-order valence-electron chi connectivity index (χ0n) is 15.8. The number of amides is 1. The van der Waals surface area contributed by atoms with Crippen molar-refractivity contribution in [1.29, 1.82) is 0 Å². The third-order valence-corrected chi connectivity index (χ3v) is 5.95. The summed E-state index contributed by atoms with van der Waals surface area (Å²) in [6.07, 6.45) is 4.24. The number of likely N-dealkylation sites (tertiary alicyclic amines) is 1. The predicted molar refractivity (Wildman–Crippen MR) is 98.8 cm³/mol. The highest BCUT2D eigenvalue weighted by atomic mass is 19.1. The summed E-state index contributed by atoms with van der Waals surface area (Å²) >= 11 is 0. The second-order valence-electron chi connectivity index (χ2n) is 7.43. The molecule has 2 aromatic rings. The summed E-state index contributed by atoms with van der Waals surface area (Å²) < 4.78 is 18.9. The molecule has 1 aromatic heterocycles. The van der Waals surface area contributed by atoms with Crippen molar-refractivity contribution in [2.45, 2.75) is 38.3 Å². The maximum atomic E-state index is 14.0. The largest absolute Gasteiger partial charge is 0.494 e. The number of ether oxygens (including phenoxy) is 1. The van der Waals surface area contributed by atoms with Gasteiger partial charge >= 0.3 is 0 Å². The highest BCUT2D eigenvalue weighted by Gasteiger charge is 2.47. The van der Waals surface area contributed by atoms with Gasteiger partial charge in [-0.05, 0) is 30.5 Å². The number of methoxy groups -OCH3 is 1. The van der Waals surface area contributed by atoms with Crippen molar-refractivity contribution in [2.75, 3.05) is 26.7 Å². The highest BCUT2D eigenvalue weighted by Crippen LogP contribution is 2.42. The standard InChI is InChI=1S/C20H25FN4O2/c1-14(26)25-8-5-17-19(23-13-22-17)20(25)6-9-24(10-7-20)12-15-3-4-18(27-2)16(21)11-15/h3-4,11,13H,5-10,12H2,1-2H3,(H,22,23). The molecule has 7 heteroatoms. The first-order chi connectivity index (χ1) is 13.0. The second kappa shape index (κ2) is 6.96. The number of nitrogens with one attached hydrogen (secondary N) is 1. The molecule has 1 aromatic carbocycles. The number of aromatic nitrogens is 2. The van der Waals surface area contributed by atoms with Crippen LogP contribution in [0.1, 0.15) is 36.7 Å². The molecule has 0 aliphatic carbocycles. The van der Waals surface area contributed by atoms with E-state index in [-0.39, 0.29) is 23.0 Å². The van der Waals surface area contributed by atoms with Crippen molar-refractivity contribution in [3.8, 4) is 5.75 Å². The summed E-state index contributed by atoms with van der Waals surface area (Å²) in [5, 5.41) is 0. The molecule has 3 heterocycles. The first kappa shape index (κ1) is 18.0. The van der Waals surface area contributed by atoms with Gasteiger partial charge in [-0.25, -0.2) is 9.37 Å². The Morgan fingerprint density at radius 1 is 1.33 bits per heavy atom. The van der Waals surface area contributed by atoms with Crippen molar-refractivity contribution >= 4 is 5.91 Å². The van der Waals surface area contributed by atoms with E-state index < -0.39 is 0 Å². The number of hydrogen-bond acceptors (Lipinski definition) is 4. The number of halogens is 1. The molecular weight excluding hydrogens is 347 g/mol. The van der Waals surface area contributed by atoms with Gasteiger partial charge in [0.2, 0.25) is 5.91 Å². The molecule has 6 nitrogen and oxygen atoms in total. The quantitative estimate of drug-likeness (QED) is 0.899. The van der Waals surface area contributed by atoms with Crippen LogP contribution in [-0.2, 0) is 23.3 Å². The fourth-order valence-corrected chi connectivity index (χ4v) is 4.59. The lowest BCUT2D eigenvalue weighted by molar-refractivity contribution is -0.139. The van der Waals surface area contributed by atoms with Gasteiger partial charge in [-0.15, -0.1) is 0 Å². The Morgan fingerprint density at radius 3 is 2.78 bits per heavy atom. The van der Waals surface area contributed by atoms with Crippen LogP contribution in [0.15, 0.2) is 24.5 Å². The number of rotatable bonds is 3. The lowest BCUT2D eigenvalue weighted by atomic mass is 9.78. The average molecular weight is 372 g/mol. The van der Waals surface area contributed by atoms with Crippen LogP contribution in [0.4, 0.5) is 4.39 Å². The number of piperidine rings is 1. The molecule has 2 aliphatic heterocycles. The Bertz CT molecular complexity index is 842. The molecule has 27 heavy (non-hydrogen) atoms. The molecule has 1 spiro atoms. The zero-order chi connectivity index (χ0) is 19.0. The highest BCUT2D eigenvalue weighted by molar-refractivity contribution is 5.75. The lowest BCUT2D eigenvalue weighted by Crippen LogP contribution is -2.57. The lowest BCUT2D eigenvalue weighted by Gasteiger charge is -2.50. The Hall–Kier alpha value is -2.41. The Balaban J connectivity index is 1.51. The Morgan fingerprint density at radius 2 is 2.11 bits per heavy atom. The van der Waals surface area contributed by atoms with Crippen molar-refractivity contribution in [3.05, 3.63) is 47.3 Å². The number of carbonyl (C=O) groups is 1. The maximum Gasteiger partial charge on any atom is 0.220 e. The van der Waals surface area contributed by atoms with Gasteiger partial charge in [0.1, 0.15) is 0 Å². The number of hydrogen-bond donors (Lipinski definition) is 1. The van der Waals surface area contributed by atoms with E-state index in [2.05, 4.69) is 14.9 Å². The number of fused-ring (bicyclic) bond motifs is 2. The fraction of sp³-hybridized carbons (Fsp3) is 0.500. The summed E-state index contributed by atoms with van der Waals surface area (Å²) in [5.74, 6) is 0.0377. The van der Waals surface area contributed by atoms with Crippen LogP contribution in [0.2, 0.25) is 0 Å². The van der Waals surface area contributed by atoms with Crippen LogP contribution >= 0.6 is 0 Å². The van der Waals surface area contributed by atoms with E-state index in [1.54, 1.807) is 19.3 Å². The smallest absolute Gasteiger partial charge is 0.220 e. The van der Waals surface area contributed by atoms with E-state index in [1.165, 1.54) is 13.2 Å². The molecule has 1 amide bonds. The van der Waals surface area contributed by atoms with Crippen LogP contribution in [0.3, 0.4) is 0 Å². The predicted octanol–water partition coefficient (Wildman–Crippen LogP) is 2.45. The van der Waals surface area contributed by atoms with Crippen LogP contribution < -0.4 is 4.74 Å². The van der Waals surface area contributed by atoms with Gasteiger partial charge in [0.15, 0.2) is 11.6 Å². The zero-order valence-corrected chi connectivity index (χ0v) is 15.8. The van der Waals surface area contributed by atoms with Gasteiger partial charge in [-0.2, -0.15) is 0 Å². The summed E-state index contributed by atoms with van der Waals surface area (Å²) in [7, 11) is 1.47. The van der Waals surface area contributed by atoms with Crippen molar-refractivity contribution in [1.82, 2.24) is 19.8 Å². The normalized spacial score (nSPS) is 19.1. The van der Waals surface area contributed by atoms with Gasteiger partial charge in [0.25, 0.3) is 0 Å². The molecule has 4 rings (SSSR count). The van der Waals surface area contributed by atoms with E-state index in [4.69, 9.17) is 4.74 Å². The topological polar surface area (TPSA) is 61.5 Å². The van der Waals surface area contributed by atoms with Gasteiger partial charge < -0.3 is 14.6 Å². The van der Waals surface area contributed by atoms with E-state index in [1.807, 2.05) is 11.0 Å². The average Bonchev–Trinajstić information content (AvgIpc) is 3.14. The van der Waals surface area contributed by atoms with E-state index >= 15 is 0 Å². The van der Waals surface area contributed by atoms with Crippen molar-refractivity contribution in [2.24, 2.45) is 0 Å². The number of benzene rings is 1. The molecule has 0 unspecified atom stereocenters. The van der Waals surface area contributed by atoms with Gasteiger partial charge in [-0.1, -0.05) is 6.07 Å². The number of H-pyrrole nitrogens is 1. The molecule has 0 radical (unpaired) electrons. The molecule has 1 saturated heterocycles. The Labute approximate surface area is 158 Å². The minimum absolute atomic E-state index is 0.106. The van der Waals surface area contributed by atoms with Crippen molar-refractivity contribution < 1.29 is 13.9 Å². The van der Waals surface area contributed by atoms with Crippen LogP contribution in [-0.4, -0.2) is 52.4 Å². The van der Waals surface area contributed by atoms with Gasteiger partial charge in [-0.3, -0.25) is 9.69 Å². The molecule has 1 N–H and O–H groups in total. The third kappa shape index (κ3) is 3.10. The second-order valence-corrected chi connectivity index (χ2v) is 7.43. The first-order valence-corrected chi connectivity index (χ1v) is 9.39. The van der Waals surface area contributed by atoms with E-state index in [0.29, 0.717) is 6.54 Å². The number of aromatic amines is 1. The summed E-state index contributed by atoms with van der Waals surface area (Å²) in [6.45, 7) is 4.73. The third-order valence-electron chi connectivity index (χ3n) is 5.95. The van der Waals surface area contributed by atoms with Crippen molar-refractivity contribution in [3.63, 3.8) is 0 Å². The summed E-state index contributed by atoms with van der Waals surface area (Å²) in [4.78, 5) is 24.4. The van der Waals surface area contributed by atoms with E-state index in [0.717, 1.165) is 55.8 Å². The van der Waals surface area contributed by atoms with E-state index in [9.17, 15) is 9.18 Å².